The molecule has 0 unspecified atom stereocenters. The Kier molecular flexibility index (Phi) is 3.71. The molecule has 74 valence electrons. The lowest BCUT2D eigenvalue weighted by atomic mass is 10.2. The van der Waals surface area contributed by atoms with Gasteiger partial charge < -0.3 is 5.73 Å². The number of ketones is 1. The zero-order valence-corrected chi connectivity index (χ0v) is 7.27. The van der Waals surface area contributed by atoms with E-state index in [9.17, 15) is 18.0 Å². The first-order valence-electron chi connectivity index (χ1n) is 3.46. The average molecular weight is 193 g/mol. The molecular formula is C8H10F3NO. The molecule has 0 atom stereocenters. The third-order valence-corrected chi connectivity index (χ3v) is 1.03. The fourth-order valence-corrected chi connectivity index (χ4v) is 0.608. The Labute approximate surface area is 73.9 Å². The second kappa shape index (κ2) is 4.11. The van der Waals surface area contributed by atoms with Gasteiger partial charge in [0.25, 0.3) is 5.78 Å². The predicted octanol–water partition coefficient (Wildman–Crippen LogP) is 1.93. The summed E-state index contributed by atoms with van der Waals surface area (Å²) in [5, 5.41) is 0. The van der Waals surface area contributed by atoms with Crippen LogP contribution in [0.1, 0.15) is 13.8 Å². The standard InChI is InChI=1S/C8H10F3NO/c1-5(2)3-6(12)4-7(13)8(9,10)11/h3-4H,12H2,1-2H3/b6-4-. The maximum absolute atomic E-state index is 11.7. The molecule has 0 aromatic carbocycles. The fourth-order valence-electron chi connectivity index (χ4n) is 0.608. The van der Waals surface area contributed by atoms with E-state index in [4.69, 9.17) is 5.73 Å². The highest BCUT2D eigenvalue weighted by Crippen LogP contribution is 2.16. The van der Waals surface area contributed by atoms with Crippen LogP contribution in [0.3, 0.4) is 0 Å². The number of carbonyl (C=O) groups excluding carboxylic acids is 1. The zero-order valence-electron chi connectivity index (χ0n) is 7.27. The lowest BCUT2D eigenvalue weighted by Crippen LogP contribution is -2.21. The summed E-state index contributed by atoms with van der Waals surface area (Å²) in [5.74, 6) is -1.94. The molecule has 0 saturated heterocycles. The molecule has 2 nitrogen and oxygen atoms in total. The van der Waals surface area contributed by atoms with Crippen LogP contribution in [0.4, 0.5) is 13.2 Å². The molecule has 5 heteroatoms. The Morgan fingerprint density at radius 3 is 2.00 bits per heavy atom. The lowest BCUT2D eigenvalue weighted by molar-refractivity contribution is -0.165. The number of hydrogen-bond acceptors (Lipinski definition) is 2. The number of alkyl halides is 3. The van der Waals surface area contributed by atoms with Gasteiger partial charge in [0.1, 0.15) is 0 Å². The van der Waals surface area contributed by atoms with E-state index in [-0.39, 0.29) is 5.70 Å². The van der Waals surface area contributed by atoms with Crippen LogP contribution in [-0.2, 0) is 4.79 Å². The van der Waals surface area contributed by atoms with Gasteiger partial charge in [-0.25, -0.2) is 0 Å². The normalized spacial score (nSPS) is 12.5. The van der Waals surface area contributed by atoms with Crippen molar-refractivity contribution in [2.45, 2.75) is 20.0 Å². The first kappa shape index (κ1) is 11.7. The van der Waals surface area contributed by atoms with Crippen LogP contribution < -0.4 is 5.73 Å². The van der Waals surface area contributed by atoms with E-state index in [0.29, 0.717) is 6.08 Å². The molecule has 0 aromatic heterocycles. The van der Waals surface area contributed by atoms with E-state index in [1.807, 2.05) is 0 Å². The Hall–Kier alpha value is -1.26. The number of hydrogen-bond donors (Lipinski definition) is 1. The molecule has 0 bridgehead atoms. The van der Waals surface area contributed by atoms with Crippen molar-refractivity contribution < 1.29 is 18.0 Å². The summed E-state index contributed by atoms with van der Waals surface area (Å²) < 4.78 is 35.0. The first-order valence-corrected chi connectivity index (χ1v) is 3.46. The van der Waals surface area contributed by atoms with Gasteiger partial charge in [-0.05, 0) is 19.9 Å². The minimum absolute atomic E-state index is 0.192. The molecule has 0 heterocycles. The Bertz CT molecular complexity index is 259. The van der Waals surface area contributed by atoms with Crippen LogP contribution in [0.25, 0.3) is 0 Å². The van der Waals surface area contributed by atoms with Crippen LogP contribution in [0.5, 0.6) is 0 Å². The molecule has 0 aliphatic carbocycles. The zero-order chi connectivity index (χ0) is 10.6. The molecule has 0 spiro atoms. The predicted molar refractivity (Wildman–Crippen MR) is 42.8 cm³/mol. The van der Waals surface area contributed by atoms with Gasteiger partial charge in [-0.3, -0.25) is 4.79 Å². The number of nitrogens with two attached hydrogens (primary N) is 1. The van der Waals surface area contributed by atoms with Crippen molar-refractivity contribution in [3.63, 3.8) is 0 Å². The molecule has 2 N–H and O–H groups in total. The van der Waals surface area contributed by atoms with Crippen molar-refractivity contribution in [1.82, 2.24) is 0 Å². The highest BCUT2D eigenvalue weighted by molar-refractivity contribution is 5.95. The monoisotopic (exact) mass is 193 g/mol. The van der Waals surface area contributed by atoms with Crippen LogP contribution >= 0.6 is 0 Å². The summed E-state index contributed by atoms with van der Waals surface area (Å²) in [5.41, 5.74) is 5.67. The molecular weight excluding hydrogens is 183 g/mol. The minimum Gasteiger partial charge on any atom is -0.399 e. The SMILES string of the molecule is CC(C)=C/C(N)=C/C(=O)C(F)(F)F. The van der Waals surface area contributed by atoms with Crippen molar-refractivity contribution >= 4 is 5.78 Å². The Morgan fingerprint density at radius 1 is 1.23 bits per heavy atom. The van der Waals surface area contributed by atoms with Crippen molar-refractivity contribution in [2.24, 2.45) is 5.73 Å². The third-order valence-electron chi connectivity index (χ3n) is 1.03. The number of allylic oxidation sites excluding steroid dienone is 3. The van der Waals surface area contributed by atoms with Gasteiger partial charge in [0.05, 0.1) is 0 Å². The van der Waals surface area contributed by atoms with E-state index < -0.39 is 12.0 Å². The van der Waals surface area contributed by atoms with Gasteiger partial charge >= 0.3 is 6.18 Å². The molecule has 13 heavy (non-hydrogen) atoms. The van der Waals surface area contributed by atoms with Crippen LogP contribution in [0.15, 0.2) is 23.4 Å². The highest BCUT2D eigenvalue weighted by atomic mass is 19.4. The maximum Gasteiger partial charge on any atom is 0.454 e. The van der Waals surface area contributed by atoms with Crippen LogP contribution in [-0.4, -0.2) is 12.0 Å². The van der Waals surface area contributed by atoms with Crippen LogP contribution in [0.2, 0.25) is 0 Å². The van der Waals surface area contributed by atoms with Gasteiger partial charge in [0, 0.05) is 11.8 Å². The van der Waals surface area contributed by atoms with Crippen molar-refractivity contribution in [2.75, 3.05) is 0 Å². The second-order valence-electron chi connectivity index (χ2n) is 2.73. The topological polar surface area (TPSA) is 43.1 Å². The molecule has 0 radical (unpaired) electrons. The quantitative estimate of drug-likeness (QED) is 0.537. The van der Waals surface area contributed by atoms with Crippen molar-refractivity contribution in [1.29, 1.82) is 0 Å². The average Bonchev–Trinajstić information content (AvgIpc) is 1.82. The summed E-state index contributed by atoms with van der Waals surface area (Å²) in [7, 11) is 0. The van der Waals surface area contributed by atoms with E-state index in [1.165, 1.54) is 6.08 Å². The van der Waals surface area contributed by atoms with Gasteiger partial charge in [0.2, 0.25) is 0 Å². The molecule has 0 saturated carbocycles. The van der Waals surface area contributed by atoms with E-state index in [1.54, 1.807) is 13.8 Å². The third kappa shape index (κ3) is 5.05. The largest absolute Gasteiger partial charge is 0.454 e. The maximum atomic E-state index is 11.7. The Morgan fingerprint density at radius 2 is 1.69 bits per heavy atom. The Balaban J connectivity index is 4.60. The lowest BCUT2D eigenvalue weighted by Gasteiger charge is -2.00. The summed E-state index contributed by atoms with van der Waals surface area (Å²) in [6.45, 7) is 3.33. The van der Waals surface area contributed by atoms with Crippen LogP contribution in [0, 0.1) is 0 Å². The smallest absolute Gasteiger partial charge is 0.399 e. The van der Waals surface area contributed by atoms with E-state index in [2.05, 4.69) is 0 Å². The molecule has 0 aliphatic rings. The number of carbonyl (C=O) groups is 1. The molecule has 0 fully saturated rings. The van der Waals surface area contributed by atoms with Gasteiger partial charge in [-0.1, -0.05) is 5.57 Å². The summed E-state index contributed by atoms with van der Waals surface area (Å²) in [6, 6.07) is 0. The number of halogens is 3. The molecule has 0 aromatic rings. The van der Waals surface area contributed by atoms with Gasteiger partial charge in [0.15, 0.2) is 0 Å². The molecule has 0 aliphatic heterocycles. The number of rotatable bonds is 2. The fraction of sp³-hybridized carbons (Fsp3) is 0.375. The van der Waals surface area contributed by atoms with Crippen molar-refractivity contribution in [3.05, 3.63) is 23.4 Å². The second-order valence-corrected chi connectivity index (χ2v) is 2.73. The first-order chi connectivity index (χ1) is 5.73. The highest BCUT2D eigenvalue weighted by Gasteiger charge is 2.36. The molecule has 0 amide bonds. The summed E-state index contributed by atoms with van der Waals surface area (Å²) in [6.07, 6.45) is -3.18. The van der Waals surface area contributed by atoms with Gasteiger partial charge in [-0.15, -0.1) is 0 Å². The van der Waals surface area contributed by atoms with Crippen molar-refractivity contribution in [3.8, 4) is 0 Å². The summed E-state index contributed by atoms with van der Waals surface area (Å²) >= 11 is 0. The van der Waals surface area contributed by atoms with Gasteiger partial charge in [-0.2, -0.15) is 13.2 Å². The van der Waals surface area contributed by atoms with E-state index >= 15 is 0 Å². The van der Waals surface area contributed by atoms with E-state index in [0.717, 1.165) is 5.57 Å². The summed E-state index contributed by atoms with van der Waals surface area (Å²) in [4.78, 5) is 10.3. The molecule has 0 rings (SSSR count). The minimum atomic E-state index is -4.85.